The molecule has 3 atom stereocenters. The second-order valence-electron chi connectivity index (χ2n) is 17.8. The Morgan fingerprint density at radius 1 is 0.586 bits per heavy atom. The van der Waals surface area contributed by atoms with Crippen LogP contribution in [-0.4, -0.2) is 68.5 Å². The lowest BCUT2D eigenvalue weighted by atomic mass is 10.0. The number of aliphatic hydroxyl groups is 1. The van der Waals surface area contributed by atoms with Gasteiger partial charge in [-0.3, -0.25) is 9.36 Å². The summed E-state index contributed by atoms with van der Waals surface area (Å²) in [5, 5.41) is 13.7. The number of rotatable bonds is 44. The Bertz CT molecular complexity index is 1040. The monoisotopic (exact) mass is 839 g/mol. The third kappa shape index (κ3) is 42.8. The number of unbranched alkanes of at least 4 members (excludes halogenated alkanes) is 27. The minimum absolute atomic E-state index is 0.00804. The first-order valence-corrected chi connectivity index (χ1v) is 25.8. The smallest absolute Gasteiger partial charge is 0.268 e. The fourth-order valence-electron chi connectivity index (χ4n) is 6.96. The topological polar surface area (TPSA) is 108 Å². The molecule has 0 aliphatic rings. The van der Waals surface area contributed by atoms with Crippen LogP contribution in [0.5, 0.6) is 0 Å². The van der Waals surface area contributed by atoms with Gasteiger partial charge in [0.1, 0.15) is 13.2 Å². The minimum atomic E-state index is -4.59. The van der Waals surface area contributed by atoms with Crippen LogP contribution in [0.15, 0.2) is 36.5 Å². The van der Waals surface area contributed by atoms with Gasteiger partial charge in [0.15, 0.2) is 0 Å². The van der Waals surface area contributed by atoms with Crippen LogP contribution >= 0.6 is 7.82 Å². The van der Waals surface area contributed by atoms with Crippen molar-refractivity contribution < 1.29 is 32.9 Å². The molecule has 0 heterocycles. The molecule has 0 radical (unpaired) electrons. The van der Waals surface area contributed by atoms with Crippen LogP contribution in [0.2, 0.25) is 0 Å². The highest BCUT2D eigenvalue weighted by Gasteiger charge is 2.23. The summed E-state index contributed by atoms with van der Waals surface area (Å²) in [7, 11) is 1.24. The van der Waals surface area contributed by atoms with Gasteiger partial charge in [0, 0.05) is 6.42 Å². The third-order valence-corrected chi connectivity index (χ3v) is 11.8. The molecule has 1 amide bonds. The van der Waals surface area contributed by atoms with Gasteiger partial charge < -0.3 is 28.8 Å². The zero-order valence-corrected chi connectivity index (χ0v) is 39.6. The van der Waals surface area contributed by atoms with E-state index < -0.39 is 26.6 Å². The molecule has 0 bridgehead atoms. The third-order valence-electron chi connectivity index (χ3n) is 10.8. The summed E-state index contributed by atoms with van der Waals surface area (Å²) in [6.07, 6.45) is 50.8. The molecule has 0 rings (SSSR count). The molecule has 0 aliphatic carbocycles. The van der Waals surface area contributed by atoms with Gasteiger partial charge in [-0.1, -0.05) is 211 Å². The van der Waals surface area contributed by atoms with Gasteiger partial charge in [0.2, 0.25) is 5.91 Å². The Morgan fingerprint density at radius 2 is 0.966 bits per heavy atom. The summed E-state index contributed by atoms with van der Waals surface area (Å²) >= 11 is 0. The number of allylic oxidation sites excluding steroid dienone is 5. The lowest BCUT2D eigenvalue weighted by Crippen LogP contribution is -2.45. The number of nitrogens with zero attached hydrogens (tertiary/aromatic N) is 1. The van der Waals surface area contributed by atoms with Crippen molar-refractivity contribution in [2.24, 2.45) is 0 Å². The second-order valence-corrected chi connectivity index (χ2v) is 19.2. The summed E-state index contributed by atoms with van der Waals surface area (Å²) in [5.74, 6) is -0.210. The van der Waals surface area contributed by atoms with Gasteiger partial charge >= 0.3 is 0 Å². The van der Waals surface area contributed by atoms with E-state index in [2.05, 4.69) is 43.5 Å². The van der Waals surface area contributed by atoms with Crippen molar-refractivity contribution in [1.29, 1.82) is 0 Å². The molecule has 3 unspecified atom stereocenters. The van der Waals surface area contributed by atoms with Crippen molar-refractivity contribution in [1.82, 2.24) is 5.32 Å². The Hall–Kier alpha value is -1.28. The van der Waals surface area contributed by atoms with Gasteiger partial charge in [-0.15, -0.1) is 0 Å². The number of likely N-dealkylation sites (N-methyl/N-ethyl adjacent to an activating group) is 1. The largest absolute Gasteiger partial charge is 0.756 e. The van der Waals surface area contributed by atoms with Crippen LogP contribution in [0.1, 0.15) is 219 Å². The first kappa shape index (κ1) is 56.7. The molecule has 9 heteroatoms. The molecule has 0 aliphatic heterocycles. The molecule has 58 heavy (non-hydrogen) atoms. The fraction of sp³-hybridized carbons (Fsp3) is 0.857. The average molecular weight is 839 g/mol. The number of amides is 1. The van der Waals surface area contributed by atoms with Gasteiger partial charge in [0.05, 0.1) is 39.9 Å². The molecule has 0 aromatic rings. The Kier molecular flexibility index (Phi) is 40.2. The van der Waals surface area contributed by atoms with Gasteiger partial charge in [-0.05, 0) is 38.5 Å². The lowest BCUT2D eigenvalue weighted by Gasteiger charge is -2.29. The van der Waals surface area contributed by atoms with Crippen LogP contribution in [-0.2, 0) is 18.4 Å². The van der Waals surface area contributed by atoms with Crippen LogP contribution < -0.4 is 10.2 Å². The molecular weight excluding hydrogens is 744 g/mol. The molecule has 8 nitrogen and oxygen atoms in total. The summed E-state index contributed by atoms with van der Waals surface area (Å²) < 4.78 is 23.2. The number of phosphoric ester groups is 1. The molecule has 0 fully saturated rings. The zero-order chi connectivity index (χ0) is 42.8. The van der Waals surface area contributed by atoms with Gasteiger partial charge in [-0.2, -0.15) is 0 Å². The van der Waals surface area contributed by atoms with E-state index in [0.29, 0.717) is 17.4 Å². The number of hydrogen-bond donors (Lipinski definition) is 2. The van der Waals surface area contributed by atoms with E-state index in [0.717, 1.165) is 51.4 Å². The Morgan fingerprint density at radius 3 is 1.36 bits per heavy atom. The molecule has 0 aromatic carbocycles. The van der Waals surface area contributed by atoms with E-state index in [4.69, 9.17) is 9.05 Å². The van der Waals surface area contributed by atoms with E-state index in [-0.39, 0.29) is 12.5 Å². The van der Waals surface area contributed by atoms with Crippen molar-refractivity contribution in [3.05, 3.63) is 36.5 Å². The summed E-state index contributed by atoms with van der Waals surface area (Å²) in [4.78, 5) is 25.3. The number of phosphoric acid groups is 1. The predicted molar refractivity (Wildman–Crippen MR) is 247 cm³/mol. The number of quaternary nitrogens is 1. The second kappa shape index (κ2) is 41.1. The predicted octanol–water partition coefficient (Wildman–Crippen LogP) is 13.2. The summed E-state index contributed by atoms with van der Waals surface area (Å²) in [6.45, 7) is 4.55. The maximum atomic E-state index is 12.9. The number of nitrogens with one attached hydrogen (secondary N) is 1. The first-order chi connectivity index (χ1) is 28.0. The number of carbonyl (C=O) groups excluding carboxylic acids is 1. The van der Waals surface area contributed by atoms with Crippen molar-refractivity contribution in [2.45, 2.75) is 231 Å². The molecule has 2 N–H and O–H groups in total. The van der Waals surface area contributed by atoms with Gasteiger partial charge in [0.25, 0.3) is 7.82 Å². The van der Waals surface area contributed by atoms with E-state index in [9.17, 15) is 19.4 Å². The number of carbonyl (C=O) groups is 1. The quantitative estimate of drug-likeness (QED) is 0.0274. The SMILES string of the molecule is CCC/C=C/CC/C=C/CC/C=C/C(O)C(COP(=O)([O-])OCC[N+](C)(C)C)NC(=O)CCCCCCCCCCCCCCCCCCCCCCCCCCC. The maximum Gasteiger partial charge on any atom is 0.268 e. The maximum absolute atomic E-state index is 12.9. The van der Waals surface area contributed by atoms with Crippen LogP contribution in [0.4, 0.5) is 0 Å². The molecular formula is C49H95N2O6P. The lowest BCUT2D eigenvalue weighted by molar-refractivity contribution is -0.870. The van der Waals surface area contributed by atoms with Crippen molar-refractivity contribution in [3.63, 3.8) is 0 Å². The molecule has 342 valence electrons. The Labute approximate surface area is 359 Å². The normalized spacial score (nSPS) is 14.5. The number of aliphatic hydroxyl groups excluding tert-OH is 1. The molecule has 0 spiro atoms. The zero-order valence-electron chi connectivity index (χ0n) is 38.8. The van der Waals surface area contributed by atoms with E-state index in [1.165, 1.54) is 148 Å². The highest BCUT2D eigenvalue weighted by molar-refractivity contribution is 7.45. The molecule has 0 saturated carbocycles. The minimum Gasteiger partial charge on any atom is -0.756 e. The summed E-state index contributed by atoms with van der Waals surface area (Å²) in [5.41, 5.74) is 0. The highest BCUT2D eigenvalue weighted by Crippen LogP contribution is 2.38. The van der Waals surface area contributed by atoms with E-state index in [1.807, 2.05) is 27.2 Å². The highest BCUT2D eigenvalue weighted by atomic mass is 31.2. The van der Waals surface area contributed by atoms with E-state index >= 15 is 0 Å². The average Bonchev–Trinajstić information content (AvgIpc) is 3.17. The van der Waals surface area contributed by atoms with Crippen molar-refractivity contribution in [2.75, 3.05) is 40.9 Å². The van der Waals surface area contributed by atoms with Gasteiger partial charge in [-0.25, -0.2) is 0 Å². The first-order valence-electron chi connectivity index (χ1n) is 24.4. The Balaban J connectivity index is 4.16. The standard InChI is InChI=1S/C49H95N2O6P/c1-6-8-10-12-14-16-18-19-20-21-22-23-24-25-26-27-28-29-30-31-33-35-37-39-41-43-49(53)50-47(46-57-58(54,55)56-45-44-51(3,4)5)48(52)42-40-38-36-34-32-17-15-13-11-9-7-2/h11,13,32,34,40,42,47-48,52H,6-10,12,14-31,33,35-39,41,43-46H2,1-5H3,(H-,50,53,54,55)/b13-11+,34-32+,42-40+. The summed E-state index contributed by atoms with van der Waals surface area (Å²) in [6, 6.07) is -0.905. The van der Waals surface area contributed by atoms with Crippen LogP contribution in [0.25, 0.3) is 0 Å². The fourth-order valence-corrected chi connectivity index (χ4v) is 7.68. The number of hydrogen-bond acceptors (Lipinski definition) is 6. The molecule has 0 aromatic heterocycles. The van der Waals surface area contributed by atoms with Crippen molar-refractivity contribution in [3.8, 4) is 0 Å². The van der Waals surface area contributed by atoms with E-state index in [1.54, 1.807) is 6.08 Å². The van der Waals surface area contributed by atoms with Crippen LogP contribution in [0.3, 0.4) is 0 Å². The van der Waals surface area contributed by atoms with Crippen LogP contribution in [0, 0.1) is 0 Å². The molecule has 0 saturated heterocycles. The van der Waals surface area contributed by atoms with Crippen molar-refractivity contribution >= 4 is 13.7 Å².